The van der Waals surface area contributed by atoms with Crippen molar-refractivity contribution in [3.05, 3.63) is 0 Å². The lowest BCUT2D eigenvalue weighted by molar-refractivity contribution is -0.226. The maximum Gasteiger partial charge on any atom is 0.394 e. The summed E-state index contributed by atoms with van der Waals surface area (Å²) in [7, 11) is 3.83. The van der Waals surface area contributed by atoms with Crippen molar-refractivity contribution in [3.63, 3.8) is 0 Å². The van der Waals surface area contributed by atoms with Gasteiger partial charge in [0.2, 0.25) is 13.9 Å². The maximum absolute atomic E-state index is 11.5. The van der Waals surface area contributed by atoms with Gasteiger partial charge in [-0.25, -0.2) is 61.5 Å². The molecule has 0 unspecified atom stereocenters. The quantitative estimate of drug-likeness (QED) is 0.237. The Labute approximate surface area is 390 Å². The van der Waals surface area contributed by atoms with E-state index in [2.05, 4.69) is 29.6 Å². The zero-order chi connectivity index (χ0) is 51.4. The lowest BCUT2D eigenvalue weighted by Crippen LogP contribution is -2.22. The summed E-state index contributed by atoms with van der Waals surface area (Å²) >= 11 is 0. The molecule has 0 heterocycles. The van der Waals surface area contributed by atoms with Crippen LogP contribution in [0, 0.1) is 0 Å². The van der Waals surface area contributed by atoms with Gasteiger partial charge in [0.25, 0.3) is 17.8 Å². The minimum Gasteiger partial charge on any atom is -0.248 e. The van der Waals surface area contributed by atoms with E-state index in [4.69, 9.17) is 0 Å². The average Bonchev–Trinajstić information content (AvgIpc) is 3.06. The minimum absolute atomic E-state index is 0. The van der Waals surface area contributed by atoms with Gasteiger partial charge in [-0.15, -0.1) is 0 Å². The standard InChI is InChI=1S/C4H5F5.2C4H8F2O.3C3H5F3.2CH2F2.4CH3FO.9CH4/c1-3(5,6)2-4(7,8)9;2*1-4(2,3-5)7-6;2*1-3(5,6)2-4;1-2-3(4,5)6;2*2-1-3;4*1-3-2;;;;;;;;;/h2H2,1H3;2*3H2,1-2H3;3*2H2,1H3;2*1H2;4*1H3;9*1H4. The summed E-state index contributed by atoms with van der Waals surface area (Å²) in [5.74, 6) is -9.89. The Hall–Kier alpha value is -2.06. The third-order valence-electron chi connectivity index (χ3n) is 2.44. The highest BCUT2D eigenvalue weighted by molar-refractivity contribution is 4.64. The van der Waals surface area contributed by atoms with Crippen LogP contribution in [-0.4, -0.2) is 110 Å². The normalized spacial score (nSPS) is 9.09. The van der Waals surface area contributed by atoms with E-state index in [1.165, 1.54) is 27.7 Å². The van der Waals surface area contributed by atoms with E-state index in [1.54, 1.807) is 0 Å². The second-order valence-corrected chi connectivity index (χ2v) is 10.00. The van der Waals surface area contributed by atoms with Gasteiger partial charge in [-0.2, -0.15) is 56.0 Å². The highest BCUT2D eigenvalue weighted by Crippen LogP contribution is 2.30. The first-order chi connectivity index (χ1) is 26.1. The van der Waals surface area contributed by atoms with Crippen molar-refractivity contribution in [1.82, 2.24) is 0 Å². The third-order valence-corrected chi connectivity index (χ3v) is 2.44. The van der Waals surface area contributed by atoms with Gasteiger partial charge in [-0.1, -0.05) is 73.8 Å². The predicted octanol–water partition coefficient (Wildman–Crippen LogP) is 20.6. The maximum atomic E-state index is 11.5. The van der Waals surface area contributed by atoms with Crippen molar-refractivity contribution in [3.8, 4) is 0 Å². The number of rotatable bonds is 7. The Morgan fingerprint density at radius 3 is 0.426 bits per heavy atom. The molecule has 0 aliphatic heterocycles. The molecule has 68 heavy (non-hydrogen) atoms. The summed E-state index contributed by atoms with van der Waals surface area (Å²) in [4.78, 5) is 17.4. The average molecular weight is 1110 g/mol. The van der Waals surface area contributed by atoms with Gasteiger partial charge in [0.05, 0.1) is 28.4 Å². The van der Waals surface area contributed by atoms with Crippen molar-refractivity contribution >= 4 is 0 Å². The van der Waals surface area contributed by atoms with Crippen LogP contribution in [0.25, 0.3) is 0 Å². The molecule has 0 amide bonds. The zero-order valence-corrected chi connectivity index (χ0v) is 33.4. The first-order valence-electron chi connectivity index (χ1n) is 14.1. The van der Waals surface area contributed by atoms with Crippen molar-refractivity contribution in [2.24, 2.45) is 0 Å². The molecule has 0 aromatic heterocycles. The molecule has 0 aliphatic carbocycles. The molecule has 450 valence electrons. The Kier molecular flexibility index (Phi) is 185. The molecule has 0 rings (SSSR count). The lowest BCUT2D eigenvalue weighted by Gasteiger charge is -2.11. The van der Waals surface area contributed by atoms with Crippen LogP contribution in [0.2, 0.25) is 0 Å². The Morgan fingerprint density at radius 2 is 0.426 bits per heavy atom. The van der Waals surface area contributed by atoms with Gasteiger partial charge in [-0.3, -0.25) is 0 Å². The molecule has 0 saturated heterocycles. The van der Waals surface area contributed by atoms with E-state index in [9.17, 15) is 115 Å². The summed E-state index contributed by atoms with van der Waals surface area (Å²) in [6.45, 7) is -0.534. The van der Waals surface area contributed by atoms with Gasteiger partial charge in [0.15, 0.2) is 13.3 Å². The molecular formula is C36H88F26O6. The molecule has 0 fully saturated rings. The summed E-state index contributed by atoms with van der Waals surface area (Å²) in [5, 5.41) is 0. The van der Waals surface area contributed by atoms with Crippen molar-refractivity contribution < 1.29 is 145 Å². The van der Waals surface area contributed by atoms with E-state index in [0.29, 0.717) is 13.8 Å². The molecule has 0 bridgehead atoms. The van der Waals surface area contributed by atoms with Crippen LogP contribution in [0.15, 0.2) is 0 Å². The second-order valence-electron chi connectivity index (χ2n) is 10.00. The van der Waals surface area contributed by atoms with E-state index < -0.39 is 94.7 Å². The highest BCUT2D eigenvalue weighted by Gasteiger charge is 2.39. The number of alkyl halides is 20. The van der Waals surface area contributed by atoms with Crippen LogP contribution in [0.4, 0.5) is 115 Å². The van der Waals surface area contributed by atoms with Gasteiger partial charge >= 0.3 is 12.4 Å². The van der Waals surface area contributed by atoms with Crippen molar-refractivity contribution in [2.45, 2.75) is 176 Å². The highest BCUT2D eigenvalue weighted by atomic mass is 19.4. The minimum atomic E-state index is -4.77. The fraction of sp³-hybridized carbons (Fsp3) is 1.00. The molecule has 6 nitrogen and oxygen atoms in total. The van der Waals surface area contributed by atoms with Crippen LogP contribution >= 0.6 is 0 Å². The summed E-state index contributed by atoms with van der Waals surface area (Å²) < 4.78 is 277. The summed E-state index contributed by atoms with van der Waals surface area (Å²) in [6.07, 6.45) is -11.5. The van der Waals surface area contributed by atoms with Gasteiger partial charge in [0, 0.05) is 20.3 Å². The fourth-order valence-corrected chi connectivity index (χ4v) is 0.393. The smallest absolute Gasteiger partial charge is 0.248 e. The third kappa shape index (κ3) is 407. The SMILES string of the molecule is C.C.C.C.C.C.C.C.C.CC(C)(CF)OF.CC(C)(CF)OF.CC(F)(F)CC(F)(F)F.CC(F)(F)CF.CC(F)(F)CF.CCC(F)(F)F.COF.COF.COF.COF.FCF.FCF. The van der Waals surface area contributed by atoms with E-state index >= 15 is 0 Å². The fourth-order valence-electron chi connectivity index (χ4n) is 0.393. The molecule has 0 spiro atoms. The molecule has 32 heteroatoms. The van der Waals surface area contributed by atoms with Crippen LogP contribution in [0.1, 0.15) is 135 Å². The second kappa shape index (κ2) is 91.3. The van der Waals surface area contributed by atoms with E-state index in [-0.39, 0.29) is 73.8 Å². The van der Waals surface area contributed by atoms with Crippen LogP contribution in [0.3, 0.4) is 0 Å². The molecule has 0 aromatic carbocycles. The molecule has 0 N–H and O–H groups in total. The Bertz CT molecular complexity index is 596. The number of halogens is 26. The first-order valence-corrected chi connectivity index (χ1v) is 14.1. The molecular weight excluding hydrogens is 1020 g/mol. The van der Waals surface area contributed by atoms with E-state index in [0.717, 1.165) is 35.4 Å². The lowest BCUT2D eigenvalue weighted by atomic mass is 10.2. The molecule has 0 saturated carbocycles. The van der Waals surface area contributed by atoms with Gasteiger partial charge in [-0.05, 0) is 61.8 Å². The van der Waals surface area contributed by atoms with Gasteiger partial charge in [0.1, 0.15) is 31.0 Å². The molecule has 0 radical (unpaired) electrons. The predicted molar refractivity (Wildman–Crippen MR) is 223 cm³/mol. The number of hydrogen-bond acceptors (Lipinski definition) is 6. The Morgan fingerprint density at radius 1 is 0.309 bits per heavy atom. The Balaban J connectivity index is -0.0000000188. The van der Waals surface area contributed by atoms with Crippen LogP contribution < -0.4 is 0 Å². The topological polar surface area (TPSA) is 55.4 Å². The van der Waals surface area contributed by atoms with E-state index in [1.807, 2.05) is 0 Å². The summed E-state index contributed by atoms with van der Waals surface area (Å²) in [6, 6.07) is 0. The molecule has 0 aliphatic rings. The van der Waals surface area contributed by atoms with Crippen LogP contribution in [-0.2, 0) is 29.6 Å². The van der Waals surface area contributed by atoms with Crippen LogP contribution in [0.5, 0.6) is 0 Å². The zero-order valence-electron chi connectivity index (χ0n) is 33.4. The summed E-state index contributed by atoms with van der Waals surface area (Å²) in [5.41, 5.74) is -2.50. The van der Waals surface area contributed by atoms with Gasteiger partial charge < -0.3 is 0 Å². The molecule has 0 atom stereocenters. The molecule has 0 aromatic rings. The van der Waals surface area contributed by atoms with Crippen molar-refractivity contribution in [1.29, 1.82) is 0 Å². The first kappa shape index (κ1) is 138. The monoisotopic (exact) mass is 1110 g/mol. The largest absolute Gasteiger partial charge is 0.394 e. The van der Waals surface area contributed by atoms with Crippen molar-refractivity contribution in [2.75, 3.05) is 69.0 Å². The number of hydrogen-bond donors (Lipinski definition) is 0.